The van der Waals surface area contributed by atoms with Crippen molar-refractivity contribution in [2.24, 2.45) is 0 Å². The molecule has 0 N–H and O–H groups in total. The number of thiophene rings is 1. The zero-order valence-corrected chi connectivity index (χ0v) is 11.5. The maximum atomic E-state index is 12.0. The summed E-state index contributed by atoms with van der Waals surface area (Å²) in [6, 6.07) is 12.7. The molecule has 0 fully saturated rings. The van der Waals surface area contributed by atoms with Crippen LogP contribution >= 0.6 is 11.3 Å². The van der Waals surface area contributed by atoms with Crippen molar-refractivity contribution in [1.82, 2.24) is 0 Å². The van der Waals surface area contributed by atoms with E-state index in [2.05, 4.69) is 0 Å². The lowest BCUT2D eigenvalue weighted by molar-refractivity contribution is -0.384. The zero-order valence-electron chi connectivity index (χ0n) is 10.7. The standard InChI is InChI=1S/C15H9NO4S/c17-15(11-1-4-12(5-2-11)16(18)19)20-13-6-3-10-7-8-21-14(10)9-13/h1-9H. The summed E-state index contributed by atoms with van der Waals surface area (Å²) in [6.45, 7) is 0. The van der Waals surface area contributed by atoms with Gasteiger partial charge in [-0.3, -0.25) is 10.1 Å². The molecule has 1 aromatic heterocycles. The van der Waals surface area contributed by atoms with Crippen LogP contribution < -0.4 is 4.74 Å². The van der Waals surface area contributed by atoms with Crippen molar-refractivity contribution in [1.29, 1.82) is 0 Å². The summed E-state index contributed by atoms with van der Waals surface area (Å²) < 4.78 is 6.31. The minimum Gasteiger partial charge on any atom is -0.423 e. The Bertz CT molecular complexity index is 823. The normalized spacial score (nSPS) is 10.5. The number of nitro benzene ring substituents is 1. The van der Waals surface area contributed by atoms with Gasteiger partial charge in [-0.05, 0) is 47.2 Å². The van der Waals surface area contributed by atoms with E-state index >= 15 is 0 Å². The molecule has 0 aliphatic carbocycles. The van der Waals surface area contributed by atoms with E-state index in [4.69, 9.17) is 4.74 Å². The maximum Gasteiger partial charge on any atom is 0.343 e. The van der Waals surface area contributed by atoms with E-state index in [1.54, 1.807) is 23.5 Å². The van der Waals surface area contributed by atoms with Crippen LogP contribution in [0, 0.1) is 10.1 Å². The average molecular weight is 299 g/mol. The van der Waals surface area contributed by atoms with Gasteiger partial charge in [-0.1, -0.05) is 0 Å². The van der Waals surface area contributed by atoms with Crippen molar-refractivity contribution in [2.75, 3.05) is 0 Å². The molecule has 2 aromatic carbocycles. The molecule has 0 saturated carbocycles. The van der Waals surface area contributed by atoms with Crippen LogP contribution in [0.25, 0.3) is 10.1 Å². The molecule has 0 bridgehead atoms. The second kappa shape index (κ2) is 5.34. The summed E-state index contributed by atoms with van der Waals surface area (Å²) in [5.41, 5.74) is 0.207. The Morgan fingerprint density at radius 1 is 1.10 bits per heavy atom. The van der Waals surface area contributed by atoms with Gasteiger partial charge in [0.15, 0.2) is 0 Å². The molecule has 6 heteroatoms. The number of ether oxygens (including phenoxy) is 1. The SMILES string of the molecule is O=C(Oc1ccc2ccsc2c1)c1ccc([N+](=O)[O-])cc1. The number of carbonyl (C=O) groups is 1. The highest BCUT2D eigenvalue weighted by molar-refractivity contribution is 7.17. The van der Waals surface area contributed by atoms with Crippen molar-refractivity contribution in [3.05, 3.63) is 69.6 Å². The highest BCUT2D eigenvalue weighted by Gasteiger charge is 2.11. The minimum atomic E-state index is -0.541. The largest absolute Gasteiger partial charge is 0.423 e. The first kappa shape index (κ1) is 13.3. The Balaban J connectivity index is 1.80. The number of nitro groups is 1. The second-order valence-corrected chi connectivity index (χ2v) is 5.26. The van der Waals surface area contributed by atoms with E-state index in [0.717, 1.165) is 10.1 Å². The monoisotopic (exact) mass is 299 g/mol. The van der Waals surface area contributed by atoms with Crippen molar-refractivity contribution in [3.63, 3.8) is 0 Å². The molecule has 0 atom stereocenters. The van der Waals surface area contributed by atoms with Gasteiger partial charge >= 0.3 is 5.97 Å². The second-order valence-electron chi connectivity index (χ2n) is 4.31. The summed E-state index contributed by atoms with van der Waals surface area (Å²) in [6.07, 6.45) is 0. The van der Waals surface area contributed by atoms with Crippen LogP contribution in [0.5, 0.6) is 5.75 Å². The molecule has 3 aromatic rings. The number of carbonyl (C=O) groups excluding carboxylic acids is 1. The van der Waals surface area contributed by atoms with Crippen LogP contribution in [0.15, 0.2) is 53.9 Å². The molecular formula is C15H9NO4S. The Morgan fingerprint density at radius 3 is 2.57 bits per heavy atom. The summed E-state index contributed by atoms with van der Waals surface area (Å²) in [7, 11) is 0. The van der Waals surface area contributed by atoms with Crippen molar-refractivity contribution in [3.8, 4) is 5.75 Å². The Hall–Kier alpha value is -2.73. The van der Waals surface area contributed by atoms with Crippen LogP contribution in [-0.4, -0.2) is 10.9 Å². The number of benzene rings is 2. The highest BCUT2D eigenvalue weighted by Crippen LogP contribution is 2.26. The van der Waals surface area contributed by atoms with E-state index in [1.165, 1.54) is 24.3 Å². The molecule has 0 saturated heterocycles. The van der Waals surface area contributed by atoms with E-state index < -0.39 is 10.9 Å². The van der Waals surface area contributed by atoms with Crippen LogP contribution in [0.1, 0.15) is 10.4 Å². The Labute approximate surface area is 123 Å². The Kier molecular flexibility index (Phi) is 3.37. The van der Waals surface area contributed by atoms with Crippen LogP contribution in [0.4, 0.5) is 5.69 Å². The number of nitrogens with zero attached hydrogens (tertiary/aromatic N) is 1. The first-order valence-electron chi connectivity index (χ1n) is 6.07. The van der Waals surface area contributed by atoms with Gasteiger partial charge in [0.05, 0.1) is 10.5 Å². The molecule has 104 valence electrons. The quantitative estimate of drug-likeness (QED) is 0.317. The number of non-ortho nitro benzene ring substituents is 1. The third kappa shape index (κ3) is 2.75. The lowest BCUT2D eigenvalue weighted by Gasteiger charge is -2.04. The highest BCUT2D eigenvalue weighted by atomic mass is 32.1. The first-order valence-corrected chi connectivity index (χ1v) is 6.95. The van der Waals surface area contributed by atoms with Gasteiger partial charge in [0.25, 0.3) is 5.69 Å². The van der Waals surface area contributed by atoms with Crippen LogP contribution in [0.3, 0.4) is 0 Å². The predicted octanol–water partition coefficient (Wildman–Crippen LogP) is 4.03. The lowest BCUT2D eigenvalue weighted by Crippen LogP contribution is -2.08. The predicted molar refractivity (Wildman–Crippen MR) is 79.9 cm³/mol. The van der Waals surface area contributed by atoms with Gasteiger partial charge in [0, 0.05) is 16.8 Å². The molecule has 0 aliphatic heterocycles. The number of hydrogen-bond acceptors (Lipinski definition) is 5. The number of hydrogen-bond donors (Lipinski definition) is 0. The van der Waals surface area contributed by atoms with Gasteiger partial charge in [0.2, 0.25) is 0 Å². The van der Waals surface area contributed by atoms with Gasteiger partial charge in [-0.15, -0.1) is 11.3 Å². The average Bonchev–Trinajstić information content (AvgIpc) is 2.95. The van der Waals surface area contributed by atoms with Gasteiger partial charge < -0.3 is 4.74 Å². The van der Waals surface area contributed by atoms with Gasteiger partial charge in [0.1, 0.15) is 5.75 Å². The zero-order chi connectivity index (χ0) is 14.8. The first-order chi connectivity index (χ1) is 10.1. The number of fused-ring (bicyclic) bond motifs is 1. The Morgan fingerprint density at radius 2 is 1.86 bits per heavy atom. The molecule has 3 rings (SSSR count). The number of esters is 1. The fraction of sp³-hybridized carbons (Fsp3) is 0. The fourth-order valence-corrected chi connectivity index (χ4v) is 2.70. The summed E-state index contributed by atoms with van der Waals surface area (Å²) in [4.78, 5) is 22.0. The van der Waals surface area contributed by atoms with Crippen LogP contribution in [0.2, 0.25) is 0 Å². The van der Waals surface area contributed by atoms with Gasteiger partial charge in [-0.2, -0.15) is 0 Å². The van der Waals surface area contributed by atoms with Crippen molar-refractivity contribution >= 4 is 33.1 Å². The van der Waals surface area contributed by atoms with Gasteiger partial charge in [-0.25, -0.2) is 4.79 Å². The molecule has 1 heterocycles. The van der Waals surface area contributed by atoms with E-state index in [0.29, 0.717) is 5.75 Å². The third-order valence-electron chi connectivity index (χ3n) is 2.95. The maximum absolute atomic E-state index is 12.0. The minimum absolute atomic E-state index is 0.0634. The lowest BCUT2D eigenvalue weighted by atomic mass is 10.2. The summed E-state index contributed by atoms with van der Waals surface area (Å²) >= 11 is 1.56. The molecular weight excluding hydrogens is 290 g/mol. The van der Waals surface area contributed by atoms with Crippen LogP contribution in [-0.2, 0) is 0 Å². The third-order valence-corrected chi connectivity index (χ3v) is 3.83. The van der Waals surface area contributed by atoms with Crippen molar-refractivity contribution in [2.45, 2.75) is 0 Å². The fourth-order valence-electron chi connectivity index (χ4n) is 1.88. The molecule has 21 heavy (non-hydrogen) atoms. The molecule has 0 amide bonds. The molecule has 0 aliphatic rings. The molecule has 0 spiro atoms. The molecule has 0 radical (unpaired) electrons. The molecule has 5 nitrogen and oxygen atoms in total. The number of rotatable bonds is 3. The van der Waals surface area contributed by atoms with E-state index in [-0.39, 0.29) is 11.3 Å². The van der Waals surface area contributed by atoms with E-state index in [1.807, 2.05) is 17.5 Å². The van der Waals surface area contributed by atoms with Crippen molar-refractivity contribution < 1.29 is 14.5 Å². The molecule has 0 unspecified atom stereocenters. The topological polar surface area (TPSA) is 69.4 Å². The smallest absolute Gasteiger partial charge is 0.343 e. The summed E-state index contributed by atoms with van der Waals surface area (Å²) in [5.74, 6) is -0.0888. The van der Waals surface area contributed by atoms with E-state index in [9.17, 15) is 14.9 Å². The summed E-state index contributed by atoms with van der Waals surface area (Å²) in [5, 5.41) is 13.6.